The van der Waals surface area contributed by atoms with Gasteiger partial charge in [-0.15, -0.1) is 11.3 Å². The van der Waals surface area contributed by atoms with Gasteiger partial charge in [0.2, 0.25) is 0 Å². The highest BCUT2D eigenvalue weighted by Crippen LogP contribution is 2.24. The number of likely N-dealkylation sites (tertiary alicyclic amines) is 1. The summed E-state index contributed by atoms with van der Waals surface area (Å²) >= 11 is 1.67. The number of imidazole rings is 1. The third kappa shape index (κ3) is 3.52. The maximum absolute atomic E-state index is 4.58. The fourth-order valence-electron chi connectivity index (χ4n) is 3.39. The van der Waals surface area contributed by atoms with Crippen LogP contribution in [0.2, 0.25) is 0 Å². The molecule has 3 aromatic rings. The molecule has 0 spiro atoms. The summed E-state index contributed by atoms with van der Waals surface area (Å²) in [6.07, 6.45) is 10.5. The van der Waals surface area contributed by atoms with E-state index < -0.39 is 0 Å². The highest BCUT2D eigenvalue weighted by Gasteiger charge is 2.23. The van der Waals surface area contributed by atoms with Gasteiger partial charge in [0.05, 0.1) is 16.9 Å². The summed E-state index contributed by atoms with van der Waals surface area (Å²) in [5.74, 6) is 1.40. The van der Waals surface area contributed by atoms with Crippen molar-refractivity contribution >= 4 is 11.3 Å². The lowest BCUT2D eigenvalue weighted by molar-refractivity contribution is 0.165. The van der Waals surface area contributed by atoms with Gasteiger partial charge in [0.15, 0.2) is 5.82 Å². The van der Waals surface area contributed by atoms with Gasteiger partial charge < -0.3 is 4.98 Å². The Balaban J connectivity index is 1.45. The molecule has 4 rings (SSSR count). The number of thiazole rings is 1. The van der Waals surface area contributed by atoms with Gasteiger partial charge >= 0.3 is 0 Å². The molecule has 0 saturated carbocycles. The number of nitrogens with one attached hydrogen (secondary N) is 1. The zero-order valence-electron chi connectivity index (χ0n) is 13.4. The molecule has 0 aliphatic carbocycles. The van der Waals surface area contributed by atoms with E-state index in [1.807, 2.05) is 11.7 Å². The second-order valence-electron chi connectivity index (χ2n) is 6.22. The third-order valence-corrected chi connectivity index (χ3v) is 5.09. The van der Waals surface area contributed by atoms with Crippen LogP contribution in [0.25, 0.3) is 11.5 Å². The molecule has 1 N–H and O–H groups in total. The van der Waals surface area contributed by atoms with Crippen LogP contribution in [0.1, 0.15) is 24.2 Å². The molecule has 0 bridgehead atoms. The molecule has 7 heteroatoms. The Morgan fingerprint density at radius 2 is 2.12 bits per heavy atom. The largest absolute Gasteiger partial charge is 0.343 e. The number of hydrogen-bond acceptors (Lipinski definition) is 6. The first kappa shape index (κ1) is 15.4. The molecule has 24 heavy (non-hydrogen) atoms. The van der Waals surface area contributed by atoms with E-state index in [0.29, 0.717) is 5.92 Å². The predicted octanol–water partition coefficient (Wildman–Crippen LogP) is 2.78. The molecule has 124 valence electrons. The zero-order valence-corrected chi connectivity index (χ0v) is 14.2. The van der Waals surface area contributed by atoms with Crippen molar-refractivity contribution in [3.05, 3.63) is 47.1 Å². The van der Waals surface area contributed by atoms with Gasteiger partial charge in [0.1, 0.15) is 5.69 Å². The quantitative estimate of drug-likeness (QED) is 0.773. The maximum atomic E-state index is 4.58. The summed E-state index contributed by atoms with van der Waals surface area (Å²) < 4.78 is 0. The van der Waals surface area contributed by atoms with E-state index in [4.69, 9.17) is 0 Å². The van der Waals surface area contributed by atoms with Crippen molar-refractivity contribution in [3.63, 3.8) is 0 Å². The molecule has 6 nitrogen and oxygen atoms in total. The molecule has 1 atom stereocenters. The average molecular weight is 340 g/mol. The molecule has 4 heterocycles. The summed E-state index contributed by atoms with van der Waals surface area (Å²) in [5, 5.41) is 2.14. The van der Waals surface area contributed by atoms with E-state index in [1.54, 1.807) is 29.9 Å². The minimum atomic E-state index is 0.600. The van der Waals surface area contributed by atoms with Gasteiger partial charge in [0.25, 0.3) is 0 Å². The normalized spacial score (nSPS) is 18.8. The number of aromatic nitrogens is 5. The van der Waals surface area contributed by atoms with Crippen LogP contribution in [0.5, 0.6) is 0 Å². The molecular weight excluding hydrogens is 320 g/mol. The molecule has 1 fully saturated rings. The molecule has 3 aromatic heterocycles. The minimum absolute atomic E-state index is 0.600. The Morgan fingerprint density at radius 3 is 2.96 bits per heavy atom. The Labute approximate surface area is 145 Å². The molecule has 0 aromatic carbocycles. The van der Waals surface area contributed by atoms with Crippen LogP contribution in [0.3, 0.4) is 0 Å². The molecule has 0 amide bonds. The second-order valence-corrected chi connectivity index (χ2v) is 6.94. The SMILES string of the molecule is c1c[nH]c(-c2nccnc2CC2CCCN(Cc3cscn3)C2)n1. The Morgan fingerprint density at radius 1 is 1.17 bits per heavy atom. The Bertz CT molecular complexity index is 755. The highest BCUT2D eigenvalue weighted by atomic mass is 32.1. The lowest BCUT2D eigenvalue weighted by Crippen LogP contribution is -2.36. The van der Waals surface area contributed by atoms with Crippen molar-refractivity contribution in [3.8, 4) is 11.5 Å². The summed E-state index contributed by atoms with van der Waals surface area (Å²) in [5.41, 5.74) is 5.00. The van der Waals surface area contributed by atoms with Crippen LogP contribution in [-0.4, -0.2) is 42.9 Å². The second kappa shape index (κ2) is 7.19. The number of piperidine rings is 1. The van der Waals surface area contributed by atoms with Crippen molar-refractivity contribution in [2.24, 2.45) is 5.92 Å². The van der Waals surface area contributed by atoms with Crippen LogP contribution < -0.4 is 0 Å². The summed E-state index contributed by atoms with van der Waals surface area (Å²) in [6.45, 7) is 3.19. The lowest BCUT2D eigenvalue weighted by Gasteiger charge is -2.32. The first-order chi connectivity index (χ1) is 11.9. The van der Waals surface area contributed by atoms with Gasteiger partial charge in [-0.1, -0.05) is 0 Å². The van der Waals surface area contributed by atoms with Gasteiger partial charge in [-0.05, 0) is 31.7 Å². The van der Waals surface area contributed by atoms with Crippen molar-refractivity contribution in [2.75, 3.05) is 13.1 Å². The standard InChI is InChI=1S/C17H20N6S/c1-2-13(9-23(7-1)10-14-11-24-12-22-14)8-15-16(19-4-3-18-15)17-20-5-6-21-17/h3-6,11-13H,1-2,7-10H2,(H,20,21). The van der Waals surface area contributed by atoms with Crippen LogP contribution >= 0.6 is 11.3 Å². The topological polar surface area (TPSA) is 70.6 Å². The number of rotatable bonds is 5. The zero-order chi connectivity index (χ0) is 16.2. The molecule has 1 aliphatic rings. The van der Waals surface area contributed by atoms with E-state index in [1.165, 1.54) is 18.5 Å². The summed E-state index contributed by atoms with van der Waals surface area (Å²) in [7, 11) is 0. The predicted molar refractivity (Wildman–Crippen MR) is 93.4 cm³/mol. The Kier molecular flexibility index (Phi) is 4.62. The first-order valence-corrected chi connectivity index (χ1v) is 9.22. The molecule has 1 unspecified atom stereocenters. The highest BCUT2D eigenvalue weighted by molar-refractivity contribution is 7.07. The molecule has 1 aliphatic heterocycles. The molecular formula is C17H20N6S. The van der Waals surface area contributed by atoms with Crippen LogP contribution in [-0.2, 0) is 13.0 Å². The fraction of sp³-hybridized carbons (Fsp3) is 0.412. The Hall–Kier alpha value is -2.12. The molecule has 1 saturated heterocycles. The number of nitrogens with zero attached hydrogens (tertiary/aromatic N) is 5. The van der Waals surface area contributed by atoms with Crippen molar-refractivity contribution in [1.82, 2.24) is 29.8 Å². The van der Waals surface area contributed by atoms with Crippen LogP contribution in [0, 0.1) is 5.92 Å². The van der Waals surface area contributed by atoms with E-state index in [2.05, 4.69) is 35.2 Å². The molecule has 0 radical (unpaired) electrons. The van der Waals surface area contributed by atoms with E-state index in [0.717, 1.165) is 43.3 Å². The number of H-pyrrole nitrogens is 1. The fourth-order valence-corrected chi connectivity index (χ4v) is 3.94. The number of aromatic amines is 1. The smallest absolute Gasteiger partial charge is 0.157 e. The van der Waals surface area contributed by atoms with E-state index in [-0.39, 0.29) is 0 Å². The monoisotopic (exact) mass is 340 g/mol. The maximum Gasteiger partial charge on any atom is 0.157 e. The van der Waals surface area contributed by atoms with E-state index in [9.17, 15) is 0 Å². The lowest BCUT2D eigenvalue weighted by atomic mass is 9.92. The average Bonchev–Trinajstić information content (AvgIpc) is 3.29. The van der Waals surface area contributed by atoms with Gasteiger partial charge in [-0.3, -0.25) is 9.88 Å². The summed E-state index contributed by atoms with van der Waals surface area (Å²) in [6, 6.07) is 0. The first-order valence-electron chi connectivity index (χ1n) is 8.27. The van der Waals surface area contributed by atoms with Crippen LogP contribution in [0.4, 0.5) is 0 Å². The number of hydrogen-bond donors (Lipinski definition) is 1. The van der Waals surface area contributed by atoms with E-state index >= 15 is 0 Å². The van der Waals surface area contributed by atoms with Crippen molar-refractivity contribution in [1.29, 1.82) is 0 Å². The third-order valence-electron chi connectivity index (χ3n) is 4.45. The van der Waals surface area contributed by atoms with Gasteiger partial charge in [-0.2, -0.15) is 0 Å². The van der Waals surface area contributed by atoms with Crippen LogP contribution in [0.15, 0.2) is 35.7 Å². The van der Waals surface area contributed by atoms with Crippen molar-refractivity contribution < 1.29 is 0 Å². The summed E-state index contributed by atoms with van der Waals surface area (Å²) in [4.78, 5) is 23.4. The van der Waals surface area contributed by atoms with Gasteiger partial charge in [0, 0.05) is 43.3 Å². The van der Waals surface area contributed by atoms with Crippen molar-refractivity contribution in [2.45, 2.75) is 25.8 Å². The minimum Gasteiger partial charge on any atom is -0.343 e. The van der Waals surface area contributed by atoms with Gasteiger partial charge in [-0.25, -0.2) is 15.0 Å².